The number of halogens is 1. The molecule has 0 aliphatic heterocycles. The average Bonchev–Trinajstić information content (AvgIpc) is 3.46. The van der Waals surface area contributed by atoms with E-state index >= 15 is 0 Å². The molecule has 12 heteroatoms. The summed E-state index contributed by atoms with van der Waals surface area (Å²) in [4.78, 5) is 26.1. The van der Waals surface area contributed by atoms with Crippen LogP contribution < -0.4 is 30.2 Å². The number of hydrogen-bond acceptors (Lipinski definition) is 10. The van der Waals surface area contributed by atoms with Gasteiger partial charge in [-0.25, -0.2) is 0 Å². The summed E-state index contributed by atoms with van der Waals surface area (Å²) in [6, 6.07) is 4.31. The molecular formula is C26H33ClN6O4S. The fraction of sp³-hybridized carbons (Fsp3) is 0.462. The van der Waals surface area contributed by atoms with Gasteiger partial charge < -0.3 is 30.2 Å². The highest BCUT2D eigenvalue weighted by atomic mass is 35.5. The summed E-state index contributed by atoms with van der Waals surface area (Å²) in [5.74, 6) is 0.665. The normalized spacial score (nSPS) is 13.8. The maximum absolute atomic E-state index is 13.0. The lowest BCUT2D eigenvalue weighted by molar-refractivity contribution is 0.102. The van der Waals surface area contributed by atoms with E-state index in [9.17, 15) is 4.79 Å². The molecule has 3 aromatic rings. The molecule has 10 nitrogen and oxygen atoms in total. The van der Waals surface area contributed by atoms with E-state index in [2.05, 4.69) is 58.6 Å². The molecule has 204 valence electrons. The molecule has 1 amide bonds. The Labute approximate surface area is 231 Å². The van der Waals surface area contributed by atoms with Gasteiger partial charge >= 0.3 is 0 Å². The maximum atomic E-state index is 13.0. The first-order chi connectivity index (χ1) is 18.1. The van der Waals surface area contributed by atoms with Crippen molar-refractivity contribution in [2.45, 2.75) is 52.0 Å². The Bertz CT molecular complexity index is 1290. The fourth-order valence-electron chi connectivity index (χ4n) is 4.21. The highest BCUT2D eigenvalue weighted by molar-refractivity contribution is 7.11. The molecule has 2 heterocycles. The number of benzene rings is 1. The van der Waals surface area contributed by atoms with E-state index in [0.717, 1.165) is 19.4 Å². The van der Waals surface area contributed by atoms with E-state index in [4.69, 9.17) is 25.8 Å². The van der Waals surface area contributed by atoms with Gasteiger partial charge in [0.1, 0.15) is 11.4 Å². The van der Waals surface area contributed by atoms with Crippen molar-refractivity contribution in [1.82, 2.24) is 20.3 Å². The lowest BCUT2D eigenvalue weighted by atomic mass is 9.86. The van der Waals surface area contributed by atoms with Gasteiger partial charge in [-0.05, 0) is 41.5 Å². The first-order valence-corrected chi connectivity index (χ1v) is 13.6. The maximum Gasteiger partial charge on any atom is 0.279 e. The number of methoxy groups -OCH3 is 2. The summed E-state index contributed by atoms with van der Waals surface area (Å²) < 4.78 is 16.8. The summed E-state index contributed by atoms with van der Waals surface area (Å²) in [6.07, 6.45) is 2.06. The van der Waals surface area contributed by atoms with Crippen molar-refractivity contribution >= 4 is 40.5 Å². The van der Waals surface area contributed by atoms with Crippen molar-refractivity contribution < 1.29 is 19.0 Å². The fourth-order valence-corrected chi connectivity index (χ4v) is 5.09. The third kappa shape index (κ3) is 6.28. The third-order valence-electron chi connectivity index (χ3n) is 6.25. The minimum atomic E-state index is -0.487. The second kappa shape index (κ2) is 11.7. The zero-order valence-electron chi connectivity index (χ0n) is 22.4. The van der Waals surface area contributed by atoms with Gasteiger partial charge in [-0.3, -0.25) is 4.79 Å². The van der Waals surface area contributed by atoms with Crippen LogP contribution in [0.4, 0.5) is 11.6 Å². The highest BCUT2D eigenvalue weighted by Crippen LogP contribution is 2.44. The van der Waals surface area contributed by atoms with Crippen molar-refractivity contribution in [3.63, 3.8) is 0 Å². The summed E-state index contributed by atoms with van der Waals surface area (Å²) in [5.41, 5.74) is 2.88. The van der Waals surface area contributed by atoms with Crippen LogP contribution in [0.3, 0.4) is 0 Å². The van der Waals surface area contributed by atoms with Crippen LogP contribution in [0.15, 0.2) is 17.5 Å². The molecule has 0 fully saturated rings. The molecule has 1 aromatic carbocycles. The second-order valence-electron chi connectivity index (χ2n) is 9.85. The Morgan fingerprint density at radius 3 is 2.50 bits per heavy atom. The molecular weight excluding hydrogens is 528 g/mol. The van der Waals surface area contributed by atoms with Gasteiger partial charge in [-0.2, -0.15) is 15.0 Å². The summed E-state index contributed by atoms with van der Waals surface area (Å²) >= 11 is 7.68. The topological polar surface area (TPSA) is 120 Å². The predicted molar refractivity (Wildman–Crippen MR) is 150 cm³/mol. The Balaban J connectivity index is 1.47. The Hall–Kier alpha value is -3.15. The van der Waals surface area contributed by atoms with Crippen molar-refractivity contribution in [1.29, 1.82) is 0 Å². The van der Waals surface area contributed by atoms with Crippen molar-refractivity contribution in [3.8, 4) is 22.7 Å². The van der Waals surface area contributed by atoms with Gasteiger partial charge in [-0.15, -0.1) is 0 Å². The number of rotatable bonds is 11. The minimum absolute atomic E-state index is 0.0577. The van der Waals surface area contributed by atoms with Crippen LogP contribution in [-0.2, 0) is 11.8 Å². The van der Waals surface area contributed by atoms with Crippen LogP contribution >= 0.6 is 22.9 Å². The summed E-state index contributed by atoms with van der Waals surface area (Å²) in [7, 11) is 2.91. The van der Waals surface area contributed by atoms with Crippen LogP contribution in [0.25, 0.3) is 0 Å². The molecule has 0 radical (unpaired) electrons. The van der Waals surface area contributed by atoms with E-state index in [0.29, 0.717) is 34.5 Å². The van der Waals surface area contributed by atoms with Crippen molar-refractivity contribution in [2.24, 2.45) is 0 Å². The number of thiazole rings is 1. The van der Waals surface area contributed by atoms with Crippen LogP contribution in [0.2, 0.25) is 5.02 Å². The number of aromatic nitrogens is 3. The minimum Gasteiger partial charge on any atom is -0.479 e. The van der Waals surface area contributed by atoms with Crippen LogP contribution in [-0.4, -0.2) is 54.2 Å². The quantitative estimate of drug-likeness (QED) is 0.269. The van der Waals surface area contributed by atoms with Gasteiger partial charge in [0, 0.05) is 24.5 Å². The summed E-state index contributed by atoms with van der Waals surface area (Å²) in [5, 5.41) is 11.6. The first kappa shape index (κ1) is 27.9. The number of anilines is 2. The number of aryl methyl sites for hydroxylation is 1. The van der Waals surface area contributed by atoms with Crippen molar-refractivity contribution in [2.75, 3.05) is 37.9 Å². The standard InChI is InChI=1S/C26H33ClN6O4S/c1-14(2)28-9-10-29-24-32-22(35-5)20(23(33-24)36-6)31-21(34)18-13-38-25(30-18)37-19-12-16-15(11-17(19)27)7-8-26(16,3)4/h11-14,28H,7-10H2,1-6H3,(H,31,34)(H,29,32,33). The average molecular weight is 561 g/mol. The number of amides is 1. The van der Waals surface area contributed by atoms with E-state index < -0.39 is 5.91 Å². The third-order valence-corrected chi connectivity index (χ3v) is 7.26. The zero-order valence-corrected chi connectivity index (χ0v) is 24.0. The van der Waals surface area contributed by atoms with Crippen LogP contribution in [0.1, 0.15) is 55.7 Å². The molecule has 0 saturated carbocycles. The van der Waals surface area contributed by atoms with Crippen LogP contribution in [0, 0.1) is 0 Å². The lowest BCUT2D eigenvalue weighted by Crippen LogP contribution is -2.28. The van der Waals surface area contributed by atoms with Gasteiger partial charge in [0.15, 0.2) is 5.69 Å². The second-order valence-corrected chi connectivity index (χ2v) is 11.1. The molecule has 1 aliphatic rings. The molecule has 1 aliphatic carbocycles. The Morgan fingerprint density at radius 2 is 1.84 bits per heavy atom. The molecule has 38 heavy (non-hydrogen) atoms. The Morgan fingerprint density at radius 1 is 1.13 bits per heavy atom. The van der Waals surface area contributed by atoms with Gasteiger partial charge in [0.2, 0.25) is 17.7 Å². The number of carbonyl (C=O) groups excluding carboxylic acids is 1. The molecule has 0 spiro atoms. The molecule has 3 N–H and O–H groups in total. The molecule has 0 atom stereocenters. The van der Waals surface area contributed by atoms with E-state index in [-0.39, 0.29) is 28.6 Å². The number of ether oxygens (including phenoxy) is 3. The highest BCUT2D eigenvalue weighted by Gasteiger charge is 2.31. The van der Waals surface area contributed by atoms with E-state index in [1.54, 1.807) is 5.38 Å². The SMILES string of the molecule is COc1nc(NCCNC(C)C)nc(OC)c1NC(=O)c1csc(Oc2cc3c(cc2Cl)CCC3(C)C)n1. The monoisotopic (exact) mass is 560 g/mol. The smallest absolute Gasteiger partial charge is 0.279 e. The largest absolute Gasteiger partial charge is 0.479 e. The van der Waals surface area contributed by atoms with Crippen LogP contribution in [0.5, 0.6) is 22.7 Å². The molecule has 0 unspecified atom stereocenters. The summed E-state index contributed by atoms with van der Waals surface area (Å²) in [6.45, 7) is 9.89. The number of fused-ring (bicyclic) bond motifs is 1. The van der Waals surface area contributed by atoms with Crippen molar-refractivity contribution in [3.05, 3.63) is 39.4 Å². The Kier molecular flexibility index (Phi) is 8.59. The van der Waals surface area contributed by atoms with E-state index in [1.165, 1.54) is 36.7 Å². The lowest BCUT2D eigenvalue weighted by Gasteiger charge is -2.19. The molecule has 4 rings (SSSR count). The molecule has 0 bridgehead atoms. The predicted octanol–water partition coefficient (Wildman–Crippen LogP) is 5.28. The number of carbonyl (C=O) groups is 1. The van der Waals surface area contributed by atoms with Gasteiger partial charge in [0.25, 0.3) is 11.1 Å². The van der Waals surface area contributed by atoms with Gasteiger partial charge in [0.05, 0.1) is 19.2 Å². The molecule has 2 aromatic heterocycles. The zero-order chi connectivity index (χ0) is 27.4. The number of nitrogens with one attached hydrogen (secondary N) is 3. The number of hydrogen-bond donors (Lipinski definition) is 3. The van der Waals surface area contributed by atoms with E-state index in [1.807, 2.05) is 12.1 Å². The first-order valence-electron chi connectivity index (χ1n) is 12.4. The molecule has 0 saturated heterocycles. The van der Waals surface area contributed by atoms with Gasteiger partial charge in [-0.1, -0.05) is 50.6 Å². The number of nitrogens with zero attached hydrogens (tertiary/aromatic N) is 3.